The molecule has 0 radical (unpaired) electrons. The summed E-state index contributed by atoms with van der Waals surface area (Å²) in [4.78, 5) is 11.7. The van der Waals surface area contributed by atoms with Gasteiger partial charge >= 0.3 is 0 Å². The van der Waals surface area contributed by atoms with Crippen LogP contribution in [0.5, 0.6) is 11.5 Å². The monoisotopic (exact) mass is 508 g/mol. The van der Waals surface area contributed by atoms with Gasteiger partial charge in [-0.25, -0.2) is 0 Å². The average molecular weight is 509 g/mol. The normalized spacial score (nSPS) is 18.3. The fraction of sp³-hybridized carbons (Fsp3) is 0.345. The molecule has 0 saturated heterocycles. The van der Waals surface area contributed by atoms with E-state index >= 15 is 0 Å². The summed E-state index contributed by atoms with van der Waals surface area (Å²) >= 11 is 5.69. The van der Waals surface area contributed by atoms with Gasteiger partial charge in [-0.05, 0) is 58.1 Å². The Morgan fingerprint density at radius 2 is 1.43 bits per heavy atom. The van der Waals surface area contributed by atoms with Crippen LogP contribution in [-0.2, 0) is 4.43 Å². The molecule has 1 aliphatic carbocycles. The van der Waals surface area contributed by atoms with Gasteiger partial charge in [0.05, 0.1) is 7.11 Å². The molecule has 6 heteroatoms. The maximum Gasteiger partial charge on any atom is 0.261 e. The minimum Gasteiger partial charge on any atom is -0.493 e. The van der Waals surface area contributed by atoms with Gasteiger partial charge in [-0.3, -0.25) is 4.79 Å². The molecule has 0 aliphatic heterocycles. The molecule has 1 saturated carbocycles. The zero-order valence-electron chi connectivity index (χ0n) is 20.8. The first-order valence-corrected chi connectivity index (χ1v) is 14.4. The van der Waals surface area contributed by atoms with E-state index in [1.54, 1.807) is 25.3 Å². The summed E-state index contributed by atoms with van der Waals surface area (Å²) < 4.78 is 19.1. The van der Waals surface area contributed by atoms with Crippen LogP contribution in [0.4, 0.5) is 0 Å². The van der Waals surface area contributed by atoms with E-state index in [9.17, 15) is 4.79 Å². The van der Waals surface area contributed by atoms with Crippen LogP contribution in [0.3, 0.4) is 0 Å². The molecule has 2 atom stereocenters. The van der Waals surface area contributed by atoms with Gasteiger partial charge in [0.2, 0.25) is 0 Å². The van der Waals surface area contributed by atoms with Crippen LogP contribution in [0.15, 0.2) is 78.9 Å². The highest BCUT2D eigenvalue weighted by molar-refractivity contribution is 6.99. The van der Waals surface area contributed by atoms with Crippen LogP contribution >= 0.6 is 11.6 Å². The van der Waals surface area contributed by atoms with Crippen LogP contribution in [0.1, 0.15) is 50.4 Å². The maximum atomic E-state index is 11.7. The Labute approximate surface area is 214 Å². The van der Waals surface area contributed by atoms with Gasteiger partial charge in [0.1, 0.15) is 6.10 Å². The Morgan fingerprint density at radius 1 is 0.857 bits per heavy atom. The fourth-order valence-corrected chi connectivity index (χ4v) is 9.97. The second-order valence-electron chi connectivity index (χ2n) is 10.1. The van der Waals surface area contributed by atoms with Crippen molar-refractivity contribution in [3.05, 3.63) is 84.4 Å². The number of ether oxygens (including phenoxy) is 2. The maximum absolute atomic E-state index is 11.7. The highest BCUT2D eigenvalue weighted by Gasteiger charge is 2.52. The van der Waals surface area contributed by atoms with Gasteiger partial charge < -0.3 is 13.9 Å². The second-order valence-corrected chi connectivity index (χ2v) is 14.7. The summed E-state index contributed by atoms with van der Waals surface area (Å²) in [6, 6.07) is 26.4. The van der Waals surface area contributed by atoms with Crippen LogP contribution < -0.4 is 19.8 Å². The lowest BCUT2D eigenvalue weighted by Crippen LogP contribution is -2.67. The molecule has 0 unspecified atom stereocenters. The zero-order valence-corrected chi connectivity index (χ0v) is 22.5. The minimum absolute atomic E-state index is 0.0345. The molecule has 184 valence electrons. The van der Waals surface area contributed by atoms with Crippen molar-refractivity contribution >= 4 is 35.5 Å². The number of halogens is 1. The van der Waals surface area contributed by atoms with E-state index in [0.717, 1.165) is 19.3 Å². The van der Waals surface area contributed by atoms with Gasteiger partial charge in [0.15, 0.2) is 11.5 Å². The van der Waals surface area contributed by atoms with Crippen LogP contribution in [0.2, 0.25) is 5.04 Å². The van der Waals surface area contributed by atoms with Gasteiger partial charge in [0.25, 0.3) is 13.6 Å². The third-order valence-corrected chi connectivity index (χ3v) is 12.1. The lowest BCUT2D eigenvalue weighted by atomic mass is 10.2. The molecular formula is C29H33ClO4Si. The van der Waals surface area contributed by atoms with Crippen molar-refractivity contribution in [2.75, 3.05) is 7.11 Å². The number of carbonyl (C=O) groups excluding carboxylic acids is 1. The van der Waals surface area contributed by atoms with E-state index in [-0.39, 0.29) is 17.2 Å². The number of methoxy groups -OCH3 is 1. The molecule has 0 heterocycles. The summed E-state index contributed by atoms with van der Waals surface area (Å²) in [6.07, 6.45) is 2.58. The molecule has 1 fully saturated rings. The minimum atomic E-state index is -2.62. The first-order valence-electron chi connectivity index (χ1n) is 12.1. The molecule has 0 spiro atoms. The molecule has 4 rings (SSSR count). The number of rotatable bonds is 8. The summed E-state index contributed by atoms with van der Waals surface area (Å²) in [7, 11) is -1.03. The number of hydrogen-bond acceptors (Lipinski definition) is 4. The third-order valence-electron chi connectivity index (χ3n) is 6.78. The average Bonchev–Trinajstić information content (AvgIpc) is 3.29. The molecule has 0 bridgehead atoms. The summed E-state index contributed by atoms with van der Waals surface area (Å²) in [6.45, 7) is 6.88. The van der Waals surface area contributed by atoms with Gasteiger partial charge in [-0.1, -0.05) is 81.4 Å². The highest BCUT2D eigenvalue weighted by Crippen LogP contribution is 2.40. The summed E-state index contributed by atoms with van der Waals surface area (Å²) in [5.41, 5.74) is 0.389. The van der Waals surface area contributed by atoms with Crippen molar-refractivity contribution in [3.8, 4) is 11.5 Å². The first kappa shape index (κ1) is 25.5. The van der Waals surface area contributed by atoms with Crippen molar-refractivity contribution in [2.45, 2.75) is 57.3 Å². The molecule has 0 N–H and O–H groups in total. The summed E-state index contributed by atoms with van der Waals surface area (Å²) in [5, 5.41) is 1.96. The van der Waals surface area contributed by atoms with Crippen molar-refractivity contribution in [2.24, 2.45) is 0 Å². The van der Waals surface area contributed by atoms with Gasteiger partial charge in [-0.2, -0.15) is 0 Å². The molecule has 1 aliphatic rings. The van der Waals surface area contributed by atoms with E-state index < -0.39 is 13.6 Å². The largest absolute Gasteiger partial charge is 0.493 e. The Bertz CT molecular complexity index is 1100. The third kappa shape index (κ3) is 5.32. The van der Waals surface area contributed by atoms with E-state index in [1.165, 1.54) is 10.4 Å². The predicted molar refractivity (Wildman–Crippen MR) is 144 cm³/mol. The van der Waals surface area contributed by atoms with Gasteiger partial charge in [0, 0.05) is 18.1 Å². The van der Waals surface area contributed by atoms with Crippen LogP contribution in [-0.4, -0.2) is 32.9 Å². The predicted octanol–water partition coefficient (Wildman–Crippen LogP) is 5.95. The van der Waals surface area contributed by atoms with Crippen molar-refractivity contribution in [1.82, 2.24) is 0 Å². The molecule has 3 aromatic carbocycles. The second kappa shape index (κ2) is 10.6. The first-order chi connectivity index (χ1) is 16.7. The number of carbonyl (C=O) groups is 1. The molecular weight excluding hydrogens is 476 g/mol. The fourth-order valence-electron chi connectivity index (χ4n) is 5.13. The van der Waals surface area contributed by atoms with Crippen molar-refractivity contribution in [3.63, 3.8) is 0 Å². The Hall–Kier alpha value is -2.60. The smallest absolute Gasteiger partial charge is 0.261 e. The SMILES string of the molecule is COc1ccc(C(=O)Cl)cc1O[C@H]1CC[C@H](O[Si](c2ccccc2)(c2ccccc2)C(C)(C)C)C1. The van der Waals surface area contributed by atoms with Crippen molar-refractivity contribution < 1.29 is 18.7 Å². The molecule has 4 nitrogen and oxygen atoms in total. The van der Waals surface area contributed by atoms with Crippen LogP contribution in [0.25, 0.3) is 0 Å². The molecule has 0 amide bonds. The van der Waals surface area contributed by atoms with E-state index in [1.807, 2.05) is 0 Å². The molecule has 35 heavy (non-hydrogen) atoms. The van der Waals surface area contributed by atoms with Crippen molar-refractivity contribution in [1.29, 1.82) is 0 Å². The summed E-state index contributed by atoms with van der Waals surface area (Å²) in [5.74, 6) is 1.12. The standard InChI is InChI=1S/C29H33ClO4Si/c1-29(2,3)35(24-11-7-5-8-12-24,25-13-9-6-10-14-25)34-23-17-16-22(20-23)33-27-19-21(28(30)31)15-18-26(27)32-4/h5-15,18-19,22-23H,16-17,20H2,1-4H3/t22-,23-/m0/s1. The van der Waals surface area contributed by atoms with Gasteiger partial charge in [-0.15, -0.1) is 0 Å². The van der Waals surface area contributed by atoms with E-state index in [4.69, 9.17) is 25.5 Å². The quantitative estimate of drug-likeness (QED) is 0.278. The number of benzene rings is 3. The Morgan fingerprint density at radius 3 is 1.94 bits per heavy atom. The lowest BCUT2D eigenvalue weighted by molar-refractivity contribution is 0.108. The van der Waals surface area contributed by atoms with E-state index in [0.29, 0.717) is 17.1 Å². The zero-order chi connectivity index (χ0) is 25.1. The highest BCUT2D eigenvalue weighted by atomic mass is 35.5. The Balaban J connectivity index is 1.62. The topological polar surface area (TPSA) is 44.8 Å². The molecule has 0 aromatic heterocycles. The number of hydrogen-bond donors (Lipinski definition) is 0. The van der Waals surface area contributed by atoms with Crippen LogP contribution in [0, 0.1) is 0 Å². The molecule has 3 aromatic rings. The Kier molecular flexibility index (Phi) is 7.70. The lowest BCUT2D eigenvalue weighted by Gasteiger charge is -2.44. The van der Waals surface area contributed by atoms with E-state index in [2.05, 4.69) is 81.4 Å².